The Morgan fingerprint density at radius 3 is 0.920 bits per heavy atom. The first-order chi connectivity index (χ1) is 10.3. The van der Waals surface area contributed by atoms with Gasteiger partial charge in [0.15, 0.2) is 0 Å². The molecular formula is C20H40N2NiO2. The van der Waals surface area contributed by atoms with Gasteiger partial charge in [-0.05, 0) is 54.0 Å². The monoisotopic (exact) mass is 398 g/mol. The summed E-state index contributed by atoms with van der Waals surface area (Å²) in [6, 6.07) is 0. The average Bonchev–Trinajstić information content (AvgIpc) is 2.33. The van der Waals surface area contributed by atoms with Crippen LogP contribution in [-0.4, -0.2) is 34.7 Å². The molecule has 5 heteroatoms. The van der Waals surface area contributed by atoms with Crippen molar-refractivity contribution in [3.63, 3.8) is 0 Å². The summed E-state index contributed by atoms with van der Waals surface area (Å²) in [6.07, 6.45) is 3.08. The molecule has 2 atom stereocenters. The second kappa shape index (κ2) is 10.8. The van der Waals surface area contributed by atoms with Gasteiger partial charge in [0.2, 0.25) is 0 Å². The number of hydrogen-bond donors (Lipinski definition) is 0. The number of rotatable bonds is 4. The minimum Gasteiger partial charge on any atom is -0.845 e. The Morgan fingerprint density at radius 1 is 0.600 bits per heavy atom. The van der Waals surface area contributed by atoms with Gasteiger partial charge in [-0.3, -0.25) is 9.98 Å². The van der Waals surface area contributed by atoms with Crippen molar-refractivity contribution in [3.8, 4) is 0 Å². The van der Waals surface area contributed by atoms with Crippen LogP contribution in [0, 0.1) is 11.8 Å². The van der Waals surface area contributed by atoms with Crippen LogP contribution in [0.2, 0.25) is 0 Å². The molecule has 2 unspecified atom stereocenters. The molecule has 0 amide bonds. The smallest absolute Gasteiger partial charge is 0.845 e. The molecule has 0 saturated heterocycles. The van der Waals surface area contributed by atoms with Crippen LogP contribution in [0.25, 0.3) is 0 Å². The van der Waals surface area contributed by atoms with Crippen molar-refractivity contribution in [2.45, 2.75) is 105 Å². The molecule has 0 rings (SSSR count). The van der Waals surface area contributed by atoms with Gasteiger partial charge in [0.25, 0.3) is 0 Å². The third kappa shape index (κ3) is 16.9. The summed E-state index contributed by atoms with van der Waals surface area (Å²) in [5.74, 6) is 0.173. The molecule has 25 heavy (non-hydrogen) atoms. The Hall–Kier alpha value is -0.246. The van der Waals surface area contributed by atoms with Crippen LogP contribution < -0.4 is 10.2 Å². The number of hydrogen-bond acceptors (Lipinski definition) is 4. The molecule has 0 saturated carbocycles. The second-order valence-electron chi connectivity index (χ2n) is 9.54. The fraction of sp³-hybridized carbons (Fsp3) is 0.900. The quantitative estimate of drug-likeness (QED) is 0.538. The Kier molecular flexibility index (Phi) is 12.7. The van der Waals surface area contributed by atoms with E-state index in [1.54, 1.807) is 13.8 Å². The second-order valence-corrected chi connectivity index (χ2v) is 9.54. The van der Waals surface area contributed by atoms with Crippen molar-refractivity contribution in [1.29, 1.82) is 0 Å². The van der Waals surface area contributed by atoms with E-state index in [-0.39, 0.29) is 39.4 Å². The largest absolute Gasteiger partial charge is 2.00 e. The first-order valence-electron chi connectivity index (χ1n) is 8.84. The van der Waals surface area contributed by atoms with Crippen molar-refractivity contribution in [1.82, 2.24) is 0 Å². The molecule has 0 fully saturated rings. The Bertz CT molecular complexity index is 372. The molecule has 0 aliphatic rings. The molecule has 0 aromatic heterocycles. The van der Waals surface area contributed by atoms with Crippen LogP contribution in [0.15, 0.2) is 9.98 Å². The molecule has 0 aromatic rings. The molecule has 0 aromatic carbocycles. The van der Waals surface area contributed by atoms with Gasteiger partial charge in [-0.15, -0.1) is 0 Å². The van der Waals surface area contributed by atoms with Crippen LogP contribution in [0.1, 0.15) is 83.1 Å². The topological polar surface area (TPSA) is 70.8 Å². The predicted molar refractivity (Wildman–Crippen MR) is 103 cm³/mol. The molecule has 0 radical (unpaired) electrons. The Morgan fingerprint density at radius 2 is 0.800 bits per heavy atom. The van der Waals surface area contributed by atoms with E-state index < -0.39 is 11.2 Å². The summed E-state index contributed by atoms with van der Waals surface area (Å²) in [6.45, 7) is 22.9. The zero-order chi connectivity index (χ0) is 20.0. The van der Waals surface area contributed by atoms with Gasteiger partial charge in [0.05, 0.1) is 11.1 Å². The van der Waals surface area contributed by atoms with Gasteiger partial charge in [-0.1, -0.05) is 64.6 Å². The molecular weight excluding hydrogens is 359 g/mol. The standard InChI is InChI=1S/2C10H20NO.Ni/c2*1-8(2)10(6,12)7-11-9(3,4)5;/h2*7-8H,1-6H3;/q2*-1;+2. The summed E-state index contributed by atoms with van der Waals surface area (Å²) in [4.78, 5) is 8.42. The molecule has 0 aliphatic heterocycles. The van der Waals surface area contributed by atoms with E-state index in [0.29, 0.717) is 0 Å². The van der Waals surface area contributed by atoms with Gasteiger partial charge in [0.1, 0.15) is 0 Å². The van der Waals surface area contributed by atoms with E-state index in [9.17, 15) is 10.2 Å². The van der Waals surface area contributed by atoms with E-state index >= 15 is 0 Å². The van der Waals surface area contributed by atoms with Crippen molar-refractivity contribution in [3.05, 3.63) is 0 Å². The zero-order valence-corrected chi connectivity index (χ0v) is 19.3. The third-order valence-electron chi connectivity index (χ3n) is 3.71. The third-order valence-corrected chi connectivity index (χ3v) is 3.71. The zero-order valence-electron chi connectivity index (χ0n) is 18.3. The Labute approximate surface area is 166 Å². The predicted octanol–water partition coefficient (Wildman–Crippen LogP) is 3.26. The molecule has 0 heterocycles. The SMILES string of the molecule is CC(C)C(C)([O-])C=NC(C)(C)C.CC(C)C(C)([O-])C=NC(C)(C)C.[Ni+2]. The Balaban J connectivity index is -0.000000372. The molecule has 0 aliphatic carbocycles. The summed E-state index contributed by atoms with van der Waals surface area (Å²) in [5.41, 5.74) is -2.35. The molecule has 0 N–H and O–H groups in total. The summed E-state index contributed by atoms with van der Waals surface area (Å²) in [5, 5.41) is 23.4. The van der Waals surface area contributed by atoms with Crippen LogP contribution in [-0.2, 0) is 16.5 Å². The van der Waals surface area contributed by atoms with Crippen molar-refractivity contribution in [2.75, 3.05) is 0 Å². The number of nitrogens with zero attached hydrogens (tertiary/aromatic N) is 2. The van der Waals surface area contributed by atoms with E-state index in [4.69, 9.17) is 0 Å². The first-order valence-corrected chi connectivity index (χ1v) is 8.84. The van der Waals surface area contributed by atoms with Crippen LogP contribution in [0.5, 0.6) is 0 Å². The van der Waals surface area contributed by atoms with Gasteiger partial charge < -0.3 is 10.2 Å². The summed E-state index contributed by atoms with van der Waals surface area (Å²) < 4.78 is 0. The summed E-state index contributed by atoms with van der Waals surface area (Å²) in [7, 11) is 0. The molecule has 4 nitrogen and oxygen atoms in total. The fourth-order valence-electron chi connectivity index (χ4n) is 0.942. The maximum absolute atomic E-state index is 11.7. The van der Waals surface area contributed by atoms with Crippen LogP contribution in [0.3, 0.4) is 0 Å². The van der Waals surface area contributed by atoms with E-state index in [1.165, 1.54) is 12.4 Å². The van der Waals surface area contributed by atoms with Crippen molar-refractivity contribution < 1.29 is 26.7 Å². The molecule has 0 bridgehead atoms. The first kappa shape index (κ1) is 29.5. The maximum atomic E-state index is 11.7. The number of aliphatic imine (C=N–C) groups is 2. The van der Waals surface area contributed by atoms with Crippen molar-refractivity contribution in [2.24, 2.45) is 21.8 Å². The normalized spacial score (nSPS) is 17.9. The molecule has 0 spiro atoms. The fourth-order valence-corrected chi connectivity index (χ4v) is 0.942. The minimum absolute atomic E-state index is 0. The van der Waals surface area contributed by atoms with E-state index in [0.717, 1.165) is 0 Å². The van der Waals surface area contributed by atoms with E-state index in [1.807, 2.05) is 69.2 Å². The van der Waals surface area contributed by atoms with Crippen LogP contribution in [0.4, 0.5) is 0 Å². The summed E-state index contributed by atoms with van der Waals surface area (Å²) >= 11 is 0. The van der Waals surface area contributed by atoms with Gasteiger partial charge >= 0.3 is 16.5 Å². The average molecular weight is 399 g/mol. The van der Waals surface area contributed by atoms with Gasteiger partial charge in [-0.2, -0.15) is 0 Å². The minimum atomic E-state index is -1.03. The van der Waals surface area contributed by atoms with Crippen LogP contribution >= 0.6 is 0 Å². The van der Waals surface area contributed by atoms with Gasteiger partial charge in [-0.25, -0.2) is 0 Å². The van der Waals surface area contributed by atoms with Crippen molar-refractivity contribution >= 4 is 12.4 Å². The molecule has 152 valence electrons. The van der Waals surface area contributed by atoms with E-state index in [2.05, 4.69) is 9.98 Å². The maximum Gasteiger partial charge on any atom is 2.00 e. The van der Waals surface area contributed by atoms with Gasteiger partial charge in [0, 0.05) is 0 Å².